The first kappa shape index (κ1) is 15.5. The molecule has 1 aromatic rings. The fourth-order valence-electron chi connectivity index (χ4n) is 2.50. The molecule has 0 radical (unpaired) electrons. The Labute approximate surface area is 126 Å². The van der Waals surface area contributed by atoms with Gasteiger partial charge in [0.1, 0.15) is 16.8 Å². The molecule has 1 N–H and O–H groups in total. The van der Waals surface area contributed by atoms with Gasteiger partial charge in [0.05, 0.1) is 0 Å². The summed E-state index contributed by atoms with van der Waals surface area (Å²) in [6, 6.07) is 2.27. The third-order valence-corrected chi connectivity index (χ3v) is 3.86. The van der Waals surface area contributed by atoms with Crippen LogP contribution >= 0.6 is 11.6 Å². The molecular weight excluding hydrogens is 272 g/mol. The number of rotatable bonds is 3. The number of likely N-dealkylation sites (N-methyl/N-ethyl adjacent to an activating group) is 1. The van der Waals surface area contributed by atoms with Crippen molar-refractivity contribution in [2.24, 2.45) is 0 Å². The van der Waals surface area contributed by atoms with Crippen molar-refractivity contribution in [1.29, 1.82) is 0 Å². The Balaban J connectivity index is 2.11. The van der Waals surface area contributed by atoms with Crippen LogP contribution in [0.2, 0.25) is 5.15 Å². The van der Waals surface area contributed by atoms with Crippen molar-refractivity contribution < 1.29 is 0 Å². The molecule has 1 fully saturated rings. The molecule has 0 amide bonds. The van der Waals surface area contributed by atoms with Gasteiger partial charge >= 0.3 is 0 Å². The van der Waals surface area contributed by atoms with Crippen molar-refractivity contribution in [2.45, 2.75) is 52.0 Å². The zero-order valence-corrected chi connectivity index (χ0v) is 13.7. The lowest BCUT2D eigenvalue weighted by Gasteiger charge is -2.32. The minimum atomic E-state index is -0.0939. The number of anilines is 1. The maximum Gasteiger partial charge on any atom is 0.137 e. The van der Waals surface area contributed by atoms with E-state index >= 15 is 0 Å². The van der Waals surface area contributed by atoms with E-state index in [0.29, 0.717) is 11.2 Å². The molecule has 5 heteroatoms. The molecule has 112 valence electrons. The topological polar surface area (TPSA) is 41.0 Å². The Morgan fingerprint density at radius 2 is 2.15 bits per heavy atom. The van der Waals surface area contributed by atoms with Gasteiger partial charge in [-0.1, -0.05) is 39.3 Å². The van der Waals surface area contributed by atoms with Gasteiger partial charge in [-0.15, -0.1) is 0 Å². The minimum Gasteiger partial charge on any atom is -0.366 e. The molecule has 1 aromatic heterocycles. The molecule has 2 heterocycles. The lowest BCUT2D eigenvalue weighted by atomic mass is 9.96. The summed E-state index contributed by atoms with van der Waals surface area (Å²) in [6.45, 7) is 11.9. The molecule has 1 saturated heterocycles. The Kier molecular flexibility index (Phi) is 4.86. The predicted octanol–water partition coefficient (Wildman–Crippen LogP) is 3.32. The molecule has 4 nitrogen and oxygen atoms in total. The van der Waals surface area contributed by atoms with E-state index in [2.05, 4.69) is 47.9 Å². The maximum atomic E-state index is 6.13. The number of halogens is 1. The van der Waals surface area contributed by atoms with Crippen LogP contribution in [0.15, 0.2) is 6.07 Å². The van der Waals surface area contributed by atoms with Gasteiger partial charge in [0.25, 0.3) is 0 Å². The summed E-state index contributed by atoms with van der Waals surface area (Å²) < 4.78 is 0. The van der Waals surface area contributed by atoms with Crippen LogP contribution in [0.25, 0.3) is 0 Å². The van der Waals surface area contributed by atoms with Crippen LogP contribution in [-0.4, -0.2) is 40.5 Å². The standard InChI is InChI=1S/C15H25ClN4/c1-5-20-8-6-7-11(10-20)17-13-9-12(16)18-14(19-13)15(2,3)4/h9,11H,5-8,10H2,1-4H3,(H,17,18,19). The van der Waals surface area contributed by atoms with E-state index < -0.39 is 0 Å². The van der Waals surface area contributed by atoms with E-state index in [9.17, 15) is 0 Å². The van der Waals surface area contributed by atoms with Crippen LogP contribution in [0.1, 0.15) is 46.4 Å². The number of aromatic nitrogens is 2. The molecule has 0 bridgehead atoms. The lowest BCUT2D eigenvalue weighted by Crippen LogP contribution is -2.42. The lowest BCUT2D eigenvalue weighted by molar-refractivity contribution is 0.226. The number of nitrogens with zero attached hydrogens (tertiary/aromatic N) is 3. The van der Waals surface area contributed by atoms with Crippen molar-refractivity contribution in [1.82, 2.24) is 14.9 Å². The molecule has 0 spiro atoms. The summed E-state index contributed by atoms with van der Waals surface area (Å²) in [5.74, 6) is 1.63. The summed E-state index contributed by atoms with van der Waals surface area (Å²) >= 11 is 6.13. The van der Waals surface area contributed by atoms with E-state index in [1.165, 1.54) is 19.4 Å². The number of nitrogens with one attached hydrogen (secondary N) is 1. The number of hydrogen-bond donors (Lipinski definition) is 1. The van der Waals surface area contributed by atoms with E-state index in [4.69, 9.17) is 11.6 Å². The van der Waals surface area contributed by atoms with Crippen molar-refractivity contribution >= 4 is 17.4 Å². The maximum absolute atomic E-state index is 6.13. The molecule has 0 aliphatic carbocycles. The fourth-order valence-corrected chi connectivity index (χ4v) is 2.68. The van der Waals surface area contributed by atoms with E-state index in [0.717, 1.165) is 24.7 Å². The second kappa shape index (κ2) is 6.27. The van der Waals surface area contributed by atoms with Crippen LogP contribution in [0, 0.1) is 0 Å². The van der Waals surface area contributed by atoms with E-state index in [-0.39, 0.29) is 5.41 Å². The first-order chi connectivity index (χ1) is 9.38. The SMILES string of the molecule is CCN1CCCC(Nc2cc(Cl)nc(C(C)(C)C)n2)C1. The molecule has 1 unspecified atom stereocenters. The van der Waals surface area contributed by atoms with E-state index in [1.807, 2.05) is 6.07 Å². The van der Waals surface area contributed by atoms with Crippen molar-refractivity contribution in [3.05, 3.63) is 17.0 Å². The Hall–Kier alpha value is -0.870. The van der Waals surface area contributed by atoms with Crippen LogP contribution in [0.5, 0.6) is 0 Å². The highest BCUT2D eigenvalue weighted by Crippen LogP contribution is 2.23. The summed E-state index contributed by atoms with van der Waals surface area (Å²) in [7, 11) is 0. The molecule has 1 atom stereocenters. The third kappa shape index (κ3) is 4.06. The average molecular weight is 297 g/mol. The summed E-state index contributed by atoms with van der Waals surface area (Å²) in [5, 5.41) is 4.03. The van der Waals surface area contributed by atoms with Crippen LogP contribution in [-0.2, 0) is 5.41 Å². The predicted molar refractivity (Wildman–Crippen MR) is 84.5 cm³/mol. The zero-order valence-electron chi connectivity index (χ0n) is 12.9. The number of hydrogen-bond acceptors (Lipinski definition) is 4. The average Bonchev–Trinajstić information content (AvgIpc) is 2.37. The fraction of sp³-hybridized carbons (Fsp3) is 0.733. The molecule has 0 aromatic carbocycles. The third-order valence-electron chi connectivity index (χ3n) is 3.67. The van der Waals surface area contributed by atoms with Gasteiger partial charge in [0.15, 0.2) is 0 Å². The summed E-state index contributed by atoms with van der Waals surface area (Å²) in [6.07, 6.45) is 2.42. The molecule has 1 aliphatic rings. The molecule has 2 rings (SSSR count). The van der Waals surface area contributed by atoms with Crippen LogP contribution < -0.4 is 5.32 Å². The Morgan fingerprint density at radius 1 is 1.40 bits per heavy atom. The van der Waals surface area contributed by atoms with Gasteiger partial charge in [-0.3, -0.25) is 0 Å². The smallest absolute Gasteiger partial charge is 0.137 e. The number of likely N-dealkylation sites (tertiary alicyclic amines) is 1. The first-order valence-electron chi connectivity index (χ1n) is 7.42. The van der Waals surface area contributed by atoms with Crippen LogP contribution in [0.4, 0.5) is 5.82 Å². The highest BCUT2D eigenvalue weighted by atomic mass is 35.5. The highest BCUT2D eigenvalue weighted by molar-refractivity contribution is 6.29. The largest absolute Gasteiger partial charge is 0.366 e. The summed E-state index contributed by atoms with van der Waals surface area (Å²) in [4.78, 5) is 11.4. The molecule has 20 heavy (non-hydrogen) atoms. The minimum absolute atomic E-state index is 0.0939. The van der Waals surface area contributed by atoms with Gasteiger partial charge in [-0.25, -0.2) is 9.97 Å². The molecule has 1 aliphatic heterocycles. The normalized spacial score (nSPS) is 20.9. The van der Waals surface area contributed by atoms with Gasteiger partial charge in [-0.05, 0) is 25.9 Å². The first-order valence-corrected chi connectivity index (χ1v) is 7.80. The molecular formula is C15H25ClN4. The van der Waals surface area contributed by atoms with Crippen molar-refractivity contribution in [3.63, 3.8) is 0 Å². The second-order valence-corrected chi connectivity index (χ2v) is 6.91. The van der Waals surface area contributed by atoms with Crippen molar-refractivity contribution in [3.8, 4) is 0 Å². The van der Waals surface area contributed by atoms with E-state index in [1.54, 1.807) is 0 Å². The van der Waals surface area contributed by atoms with Gasteiger partial charge in [-0.2, -0.15) is 0 Å². The molecule has 0 saturated carbocycles. The quantitative estimate of drug-likeness (QED) is 0.869. The van der Waals surface area contributed by atoms with Gasteiger partial charge in [0.2, 0.25) is 0 Å². The second-order valence-electron chi connectivity index (χ2n) is 6.53. The number of piperidine rings is 1. The van der Waals surface area contributed by atoms with Gasteiger partial charge < -0.3 is 10.2 Å². The van der Waals surface area contributed by atoms with Crippen LogP contribution in [0.3, 0.4) is 0 Å². The Bertz CT molecular complexity index is 456. The highest BCUT2D eigenvalue weighted by Gasteiger charge is 2.22. The summed E-state index contributed by atoms with van der Waals surface area (Å²) in [5.41, 5.74) is -0.0939. The Morgan fingerprint density at radius 3 is 2.80 bits per heavy atom. The van der Waals surface area contributed by atoms with Gasteiger partial charge in [0, 0.05) is 24.1 Å². The monoisotopic (exact) mass is 296 g/mol. The van der Waals surface area contributed by atoms with Crippen molar-refractivity contribution in [2.75, 3.05) is 25.0 Å². The zero-order chi connectivity index (χ0) is 14.8.